The number of aryl methyl sites for hydroxylation is 1. The molecule has 140 valence electrons. The molecule has 0 bridgehead atoms. The zero-order valence-corrected chi connectivity index (χ0v) is 14.0. The molecule has 26 heavy (non-hydrogen) atoms. The second kappa shape index (κ2) is 8.98. The summed E-state index contributed by atoms with van der Waals surface area (Å²) in [7, 11) is 0. The van der Waals surface area contributed by atoms with E-state index in [4.69, 9.17) is 5.73 Å². The Morgan fingerprint density at radius 1 is 1.04 bits per heavy atom. The van der Waals surface area contributed by atoms with Gasteiger partial charge in [0.1, 0.15) is 11.5 Å². The number of ether oxygens (including phenoxy) is 1. The van der Waals surface area contributed by atoms with Crippen molar-refractivity contribution in [2.45, 2.75) is 25.7 Å². The van der Waals surface area contributed by atoms with E-state index in [1.54, 1.807) is 12.1 Å². The van der Waals surface area contributed by atoms with Crippen LogP contribution in [0.15, 0.2) is 53.5 Å². The van der Waals surface area contributed by atoms with Crippen molar-refractivity contribution in [3.05, 3.63) is 59.7 Å². The number of rotatable bonds is 7. The molecule has 0 saturated heterocycles. The number of halogens is 3. The molecule has 8 heteroatoms. The van der Waals surface area contributed by atoms with Crippen LogP contribution in [0.25, 0.3) is 0 Å². The number of alkyl halides is 3. The summed E-state index contributed by atoms with van der Waals surface area (Å²) in [5.41, 5.74) is 7.59. The molecule has 0 aliphatic heterocycles. The first-order valence-corrected chi connectivity index (χ1v) is 7.98. The van der Waals surface area contributed by atoms with E-state index in [2.05, 4.69) is 15.0 Å². The molecule has 0 unspecified atom stereocenters. The predicted octanol–water partition coefficient (Wildman–Crippen LogP) is 3.33. The summed E-state index contributed by atoms with van der Waals surface area (Å²) < 4.78 is 40.1. The van der Waals surface area contributed by atoms with Crippen LogP contribution in [-0.4, -0.2) is 24.0 Å². The molecule has 0 aromatic heterocycles. The largest absolute Gasteiger partial charge is 0.573 e. The Kier molecular flexibility index (Phi) is 6.71. The first-order chi connectivity index (χ1) is 12.3. The van der Waals surface area contributed by atoms with Gasteiger partial charge in [0.15, 0.2) is 5.96 Å². The van der Waals surface area contributed by atoms with E-state index in [1.165, 1.54) is 24.3 Å². The molecule has 5 nitrogen and oxygen atoms in total. The number of hydrogen-bond donors (Lipinski definition) is 3. The standard InChI is InChI=1S/C18H20F3N3O2/c19-18(20,21)26-16-9-5-14(6-10-16)12-24-17(22)23-11-1-2-13-3-7-15(25)8-4-13/h3-10,25H,1-2,11-12H2,(H3,22,23,24). The Bertz CT molecular complexity index is 714. The fourth-order valence-corrected chi connectivity index (χ4v) is 2.20. The summed E-state index contributed by atoms with van der Waals surface area (Å²) in [5.74, 6) is 0.234. The van der Waals surface area contributed by atoms with Gasteiger partial charge in [0.05, 0.1) is 6.54 Å². The van der Waals surface area contributed by atoms with Crippen LogP contribution in [-0.2, 0) is 13.0 Å². The molecule has 2 rings (SSSR count). The minimum absolute atomic E-state index is 0.237. The highest BCUT2D eigenvalue weighted by Gasteiger charge is 2.30. The van der Waals surface area contributed by atoms with Gasteiger partial charge in [-0.1, -0.05) is 24.3 Å². The topological polar surface area (TPSA) is 79.9 Å². The van der Waals surface area contributed by atoms with Crippen molar-refractivity contribution in [2.24, 2.45) is 10.7 Å². The Balaban J connectivity index is 1.71. The monoisotopic (exact) mass is 367 g/mol. The fourth-order valence-electron chi connectivity index (χ4n) is 2.20. The van der Waals surface area contributed by atoms with E-state index in [0.717, 1.165) is 18.4 Å². The molecule has 0 amide bonds. The molecule has 0 heterocycles. The van der Waals surface area contributed by atoms with Crippen LogP contribution in [0, 0.1) is 0 Å². The lowest BCUT2D eigenvalue weighted by molar-refractivity contribution is -0.274. The highest BCUT2D eigenvalue weighted by molar-refractivity contribution is 5.77. The van der Waals surface area contributed by atoms with Crippen molar-refractivity contribution in [3.8, 4) is 11.5 Å². The number of hydrogen-bond acceptors (Lipinski definition) is 3. The van der Waals surface area contributed by atoms with Crippen molar-refractivity contribution in [3.63, 3.8) is 0 Å². The summed E-state index contributed by atoms with van der Waals surface area (Å²) in [6, 6.07) is 12.5. The third kappa shape index (κ3) is 7.33. The normalized spacial score (nSPS) is 12.0. The number of guanidine groups is 1. The number of aliphatic imine (C=N–C) groups is 1. The molecule has 2 aromatic rings. The summed E-state index contributed by atoms with van der Waals surface area (Å²) >= 11 is 0. The first kappa shape index (κ1) is 19.4. The second-order valence-corrected chi connectivity index (χ2v) is 5.59. The average Bonchev–Trinajstić information content (AvgIpc) is 2.58. The van der Waals surface area contributed by atoms with Crippen molar-refractivity contribution >= 4 is 5.96 Å². The summed E-state index contributed by atoms with van der Waals surface area (Å²) in [4.78, 5) is 4.14. The maximum Gasteiger partial charge on any atom is 0.573 e. The number of nitrogens with two attached hydrogens (primary N) is 1. The Morgan fingerprint density at radius 3 is 2.27 bits per heavy atom. The van der Waals surface area contributed by atoms with Crippen LogP contribution < -0.4 is 15.8 Å². The van der Waals surface area contributed by atoms with Gasteiger partial charge in [-0.3, -0.25) is 0 Å². The summed E-state index contributed by atoms with van der Waals surface area (Å²) in [5, 5.41) is 12.2. The maximum absolute atomic E-state index is 12.1. The quantitative estimate of drug-likeness (QED) is 0.398. The van der Waals surface area contributed by atoms with Gasteiger partial charge in [-0.2, -0.15) is 0 Å². The Morgan fingerprint density at radius 2 is 1.65 bits per heavy atom. The van der Waals surface area contributed by atoms with E-state index in [0.29, 0.717) is 12.1 Å². The molecule has 0 radical (unpaired) electrons. The van der Waals surface area contributed by atoms with Gasteiger partial charge in [-0.05, 0) is 48.2 Å². The number of benzene rings is 2. The lowest BCUT2D eigenvalue weighted by Gasteiger charge is -2.09. The number of phenolic OH excluding ortho intramolecular Hbond substituents is 1. The lowest BCUT2D eigenvalue weighted by atomic mass is 10.1. The van der Waals surface area contributed by atoms with Gasteiger partial charge < -0.3 is 20.9 Å². The third-order valence-electron chi connectivity index (χ3n) is 3.47. The van der Waals surface area contributed by atoms with Crippen LogP contribution in [0.5, 0.6) is 11.5 Å². The van der Waals surface area contributed by atoms with E-state index >= 15 is 0 Å². The molecule has 0 aliphatic rings. The summed E-state index contributed by atoms with van der Waals surface area (Å²) in [6.45, 7) is 0.887. The van der Waals surface area contributed by atoms with Crippen molar-refractivity contribution in [1.82, 2.24) is 5.32 Å². The molecule has 2 aromatic carbocycles. The van der Waals surface area contributed by atoms with Gasteiger partial charge >= 0.3 is 6.36 Å². The smallest absolute Gasteiger partial charge is 0.508 e. The van der Waals surface area contributed by atoms with Gasteiger partial charge in [0.2, 0.25) is 0 Å². The van der Waals surface area contributed by atoms with E-state index in [9.17, 15) is 18.3 Å². The molecular weight excluding hydrogens is 347 g/mol. The number of phenols is 1. The van der Waals surface area contributed by atoms with Gasteiger partial charge in [0.25, 0.3) is 0 Å². The first-order valence-electron chi connectivity index (χ1n) is 7.98. The van der Waals surface area contributed by atoms with Crippen LogP contribution in [0.2, 0.25) is 0 Å². The molecule has 0 saturated carbocycles. The minimum Gasteiger partial charge on any atom is -0.508 e. The van der Waals surface area contributed by atoms with Crippen molar-refractivity contribution in [2.75, 3.05) is 6.54 Å². The van der Waals surface area contributed by atoms with Crippen LogP contribution in [0.1, 0.15) is 17.5 Å². The number of aromatic hydroxyl groups is 1. The van der Waals surface area contributed by atoms with Gasteiger partial charge in [-0.25, -0.2) is 4.99 Å². The van der Waals surface area contributed by atoms with Gasteiger partial charge in [-0.15, -0.1) is 13.2 Å². The molecule has 0 fully saturated rings. The van der Waals surface area contributed by atoms with Crippen LogP contribution in [0.3, 0.4) is 0 Å². The van der Waals surface area contributed by atoms with Crippen molar-refractivity contribution < 1.29 is 23.0 Å². The zero-order valence-electron chi connectivity index (χ0n) is 14.0. The van der Waals surface area contributed by atoms with E-state index in [-0.39, 0.29) is 24.0 Å². The number of nitrogens with one attached hydrogen (secondary N) is 1. The zero-order chi connectivity index (χ0) is 19.0. The van der Waals surface area contributed by atoms with E-state index < -0.39 is 6.36 Å². The van der Waals surface area contributed by atoms with Crippen LogP contribution in [0.4, 0.5) is 13.2 Å². The molecule has 0 aliphatic carbocycles. The maximum atomic E-state index is 12.1. The van der Waals surface area contributed by atoms with Crippen LogP contribution >= 0.6 is 0 Å². The fraction of sp³-hybridized carbons (Fsp3) is 0.278. The van der Waals surface area contributed by atoms with Crippen molar-refractivity contribution in [1.29, 1.82) is 0 Å². The second-order valence-electron chi connectivity index (χ2n) is 5.59. The third-order valence-corrected chi connectivity index (χ3v) is 3.47. The highest BCUT2D eigenvalue weighted by Crippen LogP contribution is 2.22. The summed E-state index contributed by atoms with van der Waals surface area (Å²) in [6.07, 6.45) is -3.03. The Hall–Kier alpha value is -2.90. The van der Waals surface area contributed by atoms with E-state index in [1.807, 2.05) is 12.1 Å². The molecule has 0 spiro atoms. The Labute approximate surface area is 149 Å². The number of nitrogens with zero attached hydrogens (tertiary/aromatic N) is 1. The average molecular weight is 367 g/mol. The molecular formula is C18H20F3N3O2. The SMILES string of the molecule is NC(=NCc1ccc(OC(F)(F)F)cc1)NCCCc1ccc(O)cc1. The molecule has 0 atom stereocenters. The molecule has 4 N–H and O–H groups in total. The highest BCUT2D eigenvalue weighted by atomic mass is 19.4. The lowest BCUT2D eigenvalue weighted by Crippen LogP contribution is -2.32. The minimum atomic E-state index is -4.70. The van der Waals surface area contributed by atoms with Gasteiger partial charge in [0, 0.05) is 6.54 Å². The predicted molar refractivity (Wildman–Crippen MR) is 92.9 cm³/mol.